The smallest absolute Gasteiger partial charge is 0.0947 e. The molecule has 4 heteroatoms. The van der Waals surface area contributed by atoms with E-state index >= 15 is 0 Å². The van der Waals surface area contributed by atoms with E-state index in [1.54, 1.807) is 6.26 Å². The van der Waals surface area contributed by atoms with E-state index in [1.807, 2.05) is 12.3 Å². The van der Waals surface area contributed by atoms with Crippen LogP contribution in [0.25, 0.3) is 0 Å². The van der Waals surface area contributed by atoms with Crippen LogP contribution in [0.15, 0.2) is 23.0 Å². The lowest BCUT2D eigenvalue weighted by atomic mass is 9.77. The molecular formula is C14H23N3O. The zero-order valence-corrected chi connectivity index (χ0v) is 11.1. The second-order valence-electron chi connectivity index (χ2n) is 5.83. The van der Waals surface area contributed by atoms with Crippen LogP contribution in [0.3, 0.4) is 0 Å². The van der Waals surface area contributed by atoms with Gasteiger partial charge in [0.05, 0.1) is 12.5 Å². The number of nitrogens with two attached hydrogens (primary N) is 1. The van der Waals surface area contributed by atoms with Crippen molar-refractivity contribution in [2.75, 3.05) is 33.2 Å². The number of hydrogen-bond acceptors (Lipinski definition) is 4. The number of furan rings is 1. The van der Waals surface area contributed by atoms with Gasteiger partial charge in [-0.15, -0.1) is 0 Å². The zero-order valence-electron chi connectivity index (χ0n) is 11.1. The van der Waals surface area contributed by atoms with Crippen LogP contribution in [0, 0.1) is 5.92 Å². The van der Waals surface area contributed by atoms with E-state index in [-0.39, 0.29) is 5.54 Å². The minimum absolute atomic E-state index is 0.185. The Morgan fingerprint density at radius 1 is 1.56 bits per heavy atom. The van der Waals surface area contributed by atoms with Crippen molar-refractivity contribution in [3.63, 3.8) is 0 Å². The molecule has 0 amide bonds. The molecule has 0 aliphatic carbocycles. The quantitative estimate of drug-likeness (QED) is 0.869. The van der Waals surface area contributed by atoms with Gasteiger partial charge in [0, 0.05) is 30.7 Å². The van der Waals surface area contributed by atoms with Gasteiger partial charge in [-0.1, -0.05) is 0 Å². The van der Waals surface area contributed by atoms with E-state index in [2.05, 4.69) is 16.8 Å². The maximum Gasteiger partial charge on any atom is 0.0947 e. The first-order valence-electron chi connectivity index (χ1n) is 6.89. The molecule has 1 aromatic heterocycles. The van der Waals surface area contributed by atoms with Gasteiger partial charge >= 0.3 is 0 Å². The maximum atomic E-state index is 6.17. The van der Waals surface area contributed by atoms with Crippen LogP contribution in [0.1, 0.15) is 18.4 Å². The number of rotatable bonds is 4. The van der Waals surface area contributed by atoms with Crippen LogP contribution >= 0.6 is 0 Å². The summed E-state index contributed by atoms with van der Waals surface area (Å²) in [4.78, 5) is 5.04. The summed E-state index contributed by atoms with van der Waals surface area (Å²) in [7, 11) is 2.22. The van der Waals surface area contributed by atoms with Gasteiger partial charge in [0.2, 0.25) is 0 Å². The van der Waals surface area contributed by atoms with Gasteiger partial charge in [0.25, 0.3) is 0 Å². The number of fused-ring (bicyclic) bond motifs is 2. The van der Waals surface area contributed by atoms with E-state index < -0.39 is 0 Å². The fourth-order valence-electron chi connectivity index (χ4n) is 3.77. The lowest BCUT2D eigenvalue weighted by Crippen LogP contribution is -2.60. The number of hydrogen-bond donors (Lipinski definition) is 1. The molecule has 4 nitrogen and oxygen atoms in total. The molecule has 2 aliphatic heterocycles. The van der Waals surface area contributed by atoms with Crippen molar-refractivity contribution in [1.82, 2.24) is 9.80 Å². The topological polar surface area (TPSA) is 45.6 Å². The summed E-state index contributed by atoms with van der Waals surface area (Å²) in [6.45, 7) is 5.38. The third kappa shape index (κ3) is 1.88. The molecule has 2 bridgehead atoms. The van der Waals surface area contributed by atoms with Crippen molar-refractivity contribution in [3.8, 4) is 0 Å². The van der Waals surface area contributed by atoms with Crippen LogP contribution in [-0.2, 0) is 6.54 Å². The lowest BCUT2D eigenvalue weighted by molar-refractivity contribution is 0.0211. The third-order valence-electron chi connectivity index (χ3n) is 5.01. The highest BCUT2D eigenvalue weighted by atomic mass is 16.3. The molecule has 1 aromatic rings. The highest BCUT2D eigenvalue weighted by Gasteiger charge is 2.47. The highest BCUT2D eigenvalue weighted by Crippen LogP contribution is 2.39. The Hall–Kier alpha value is -0.840. The van der Waals surface area contributed by atoms with Crippen molar-refractivity contribution in [2.24, 2.45) is 11.7 Å². The second-order valence-corrected chi connectivity index (χ2v) is 5.83. The normalized spacial score (nSPS) is 35.3. The molecule has 3 unspecified atom stereocenters. The van der Waals surface area contributed by atoms with Crippen LogP contribution in [0.2, 0.25) is 0 Å². The van der Waals surface area contributed by atoms with Crippen LogP contribution in [0.5, 0.6) is 0 Å². The van der Waals surface area contributed by atoms with Gasteiger partial charge in [-0.05, 0) is 45.0 Å². The monoisotopic (exact) mass is 249 g/mol. The molecule has 3 rings (SSSR count). The van der Waals surface area contributed by atoms with Gasteiger partial charge in [0.15, 0.2) is 0 Å². The Morgan fingerprint density at radius 2 is 2.44 bits per heavy atom. The second kappa shape index (κ2) is 4.68. The Morgan fingerprint density at radius 3 is 3.17 bits per heavy atom. The minimum atomic E-state index is 0.185. The van der Waals surface area contributed by atoms with Crippen LogP contribution in [0.4, 0.5) is 0 Å². The summed E-state index contributed by atoms with van der Waals surface area (Å²) in [6.07, 6.45) is 6.08. The largest absolute Gasteiger partial charge is 0.472 e. The van der Waals surface area contributed by atoms with E-state index in [0.29, 0.717) is 0 Å². The average molecular weight is 249 g/mol. The highest BCUT2D eigenvalue weighted by molar-refractivity contribution is 5.09. The summed E-state index contributed by atoms with van der Waals surface area (Å²) in [5.74, 6) is 0.730. The average Bonchev–Trinajstić information content (AvgIpc) is 3.01. The van der Waals surface area contributed by atoms with Crippen LogP contribution in [-0.4, -0.2) is 48.6 Å². The first-order chi connectivity index (χ1) is 8.74. The number of nitrogens with zero attached hydrogens (tertiary/aromatic N) is 2. The number of piperidine rings is 1. The van der Waals surface area contributed by atoms with Crippen molar-refractivity contribution >= 4 is 0 Å². The van der Waals surface area contributed by atoms with Crippen molar-refractivity contribution in [2.45, 2.75) is 24.9 Å². The molecule has 18 heavy (non-hydrogen) atoms. The molecule has 100 valence electrons. The Labute approximate surface area is 109 Å². The SMILES string of the molecule is CN(Cc1ccoc1)C1(CN)CCN2CCC1C2. The van der Waals surface area contributed by atoms with Gasteiger partial charge in [-0.25, -0.2) is 0 Å². The van der Waals surface area contributed by atoms with E-state index in [9.17, 15) is 0 Å². The Balaban J connectivity index is 1.78. The zero-order chi connectivity index (χ0) is 12.6. The van der Waals surface area contributed by atoms with Gasteiger partial charge in [-0.2, -0.15) is 0 Å². The van der Waals surface area contributed by atoms with E-state index in [1.165, 1.54) is 38.0 Å². The molecule has 0 aromatic carbocycles. The molecule has 2 aliphatic rings. The van der Waals surface area contributed by atoms with Crippen molar-refractivity contribution in [1.29, 1.82) is 0 Å². The molecule has 2 saturated heterocycles. The lowest BCUT2D eigenvalue weighted by Gasteiger charge is -2.48. The summed E-state index contributed by atoms with van der Waals surface area (Å²) in [6, 6.07) is 2.05. The minimum Gasteiger partial charge on any atom is -0.472 e. The van der Waals surface area contributed by atoms with Gasteiger partial charge in [-0.3, -0.25) is 4.90 Å². The predicted octanol–water partition coefficient (Wildman–Crippen LogP) is 1.13. The van der Waals surface area contributed by atoms with Crippen LogP contribution < -0.4 is 5.73 Å². The fourth-order valence-corrected chi connectivity index (χ4v) is 3.77. The van der Waals surface area contributed by atoms with Crippen molar-refractivity contribution in [3.05, 3.63) is 24.2 Å². The first kappa shape index (κ1) is 12.2. The molecule has 3 heterocycles. The molecule has 0 saturated carbocycles. The third-order valence-corrected chi connectivity index (χ3v) is 5.01. The van der Waals surface area contributed by atoms with Crippen molar-refractivity contribution < 1.29 is 4.42 Å². The Bertz CT molecular complexity index is 392. The predicted molar refractivity (Wildman–Crippen MR) is 71.1 cm³/mol. The summed E-state index contributed by atoms with van der Waals surface area (Å²) >= 11 is 0. The molecule has 2 fully saturated rings. The van der Waals surface area contributed by atoms with Gasteiger partial charge in [0.1, 0.15) is 0 Å². The molecule has 3 atom stereocenters. The standard InChI is InChI=1S/C14H23N3O/c1-16(8-12-3-7-18-10-12)14(11-15)4-6-17-5-2-13(14)9-17/h3,7,10,13H,2,4-6,8-9,11,15H2,1H3. The summed E-state index contributed by atoms with van der Waals surface area (Å²) in [5.41, 5.74) is 7.60. The summed E-state index contributed by atoms with van der Waals surface area (Å²) < 4.78 is 5.16. The van der Waals surface area contributed by atoms with E-state index in [0.717, 1.165) is 19.0 Å². The molecule has 0 spiro atoms. The number of likely N-dealkylation sites (N-methyl/N-ethyl adjacent to an activating group) is 1. The first-order valence-corrected chi connectivity index (χ1v) is 6.89. The summed E-state index contributed by atoms with van der Waals surface area (Å²) in [5, 5.41) is 0. The molecular weight excluding hydrogens is 226 g/mol. The fraction of sp³-hybridized carbons (Fsp3) is 0.714. The molecule has 2 N–H and O–H groups in total. The Kier molecular flexibility index (Phi) is 3.18. The maximum absolute atomic E-state index is 6.17. The van der Waals surface area contributed by atoms with Gasteiger partial charge < -0.3 is 15.1 Å². The molecule has 0 radical (unpaired) electrons. The van der Waals surface area contributed by atoms with E-state index in [4.69, 9.17) is 10.2 Å².